The molecule has 0 bridgehead atoms. The normalized spacial score (nSPS) is 29.9. The summed E-state index contributed by atoms with van der Waals surface area (Å²) in [7, 11) is 3.07. The molecule has 2 aromatic rings. The topological polar surface area (TPSA) is 93.1 Å². The van der Waals surface area contributed by atoms with Crippen molar-refractivity contribution in [3.8, 4) is 5.75 Å². The van der Waals surface area contributed by atoms with Gasteiger partial charge in [-0.15, -0.1) is 0 Å². The fourth-order valence-electron chi connectivity index (χ4n) is 4.85. The van der Waals surface area contributed by atoms with Gasteiger partial charge in [-0.25, -0.2) is 0 Å². The molecule has 7 heteroatoms. The molecule has 156 valence electrons. The Bertz CT molecular complexity index is 1060. The highest BCUT2D eigenvalue weighted by Crippen LogP contribution is 2.58. The molecule has 2 aliphatic heterocycles. The molecule has 0 aromatic heterocycles. The molecule has 1 saturated heterocycles. The highest BCUT2D eigenvalue weighted by Gasteiger charge is 2.71. The standard InChI is InChI=1S/C23H23NO6/c1-13(25)18-19(20(26)14-8-7-9-15(12-14)29-4)23(30-22(18,2)28)16-10-5-6-11-17(16)24(3)21(23)27/h5-12,18-19,28H,1-4H3/t18-,19+,22-,23-/m0/s1. The van der Waals surface area contributed by atoms with E-state index in [1.54, 1.807) is 55.6 Å². The number of methoxy groups -OCH3 is 1. The number of aliphatic hydroxyl groups is 1. The Morgan fingerprint density at radius 2 is 1.83 bits per heavy atom. The van der Waals surface area contributed by atoms with Gasteiger partial charge in [0.2, 0.25) is 0 Å². The molecule has 0 unspecified atom stereocenters. The number of amides is 1. The van der Waals surface area contributed by atoms with Gasteiger partial charge in [0.25, 0.3) is 5.91 Å². The molecule has 4 rings (SSSR count). The van der Waals surface area contributed by atoms with Gasteiger partial charge < -0.3 is 19.5 Å². The first-order valence-electron chi connectivity index (χ1n) is 9.64. The first-order chi connectivity index (χ1) is 14.1. The highest BCUT2D eigenvalue weighted by atomic mass is 16.7. The number of ether oxygens (including phenoxy) is 2. The number of carbonyl (C=O) groups is 3. The van der Waals surface area contributed by atoms with Gasteiger partial charge in [0, 0.05) is 18.2 Å². The highest BCUT2D eigenvalue weighted by molar-refractivity contribution is 6.13. The second-order valence-corrected chi connectivity index (χ2v) is 7.94. The predicted molar refractivity (Wildman–Crippen MR) is 108 cm³/mol. The maximum atomic E-state index is 13.8. The van der Waals surface area contributed by atoms with Crippen LogP contribution in [0, 0.1) is 11.8 Å². The molecule has 30 heavy (non-hydrogen) atoms. The zero-order valence-corrected chi connectivity index (χ0v) is 17.2. The van der Waals surface area contributed by atoms with E-state index in [4.69, 9.17) is 9.47 Å². The molecule has 0 saturated carbocycles. The molecule has 1 fully saturated rings. The molecular weight excluding hydrogens is 386 g/mol. The fraction of sp³-hybridized carbons (Fsp3) is 0.348. The summed E-state index contributed by atoms with van der Waals surface area (Å²) in [5, 5.41) is 11.1. The molecule has 1 spiro atoms. The van der Waals surface area contributed by atoms with E-state index in [0.29, 0.717) is 17.0 Å². The zero-order chi connectivity index (χ0) is 21.8. The largest absolute Gasteiger partial charge is 0.497 e. The van der Waals surface area contributed by atoms with Crippen molar-refractivity contribution in [2.24, 2.45) is 11.8 Å². The van der Waals surface area contributed by atoms with Crippen molar-refractivity contribution in [1.82, 2.24) is 0 Å². The number of hydrogen-bond acceptors (Lipinski definition) is 6. The van der Waals surface area contributed by atoms with Crippen molar-refractivity contribution in [2.45, 2.75) is 25.2 Å². The number of Topliss-reactive ketones (excluding diaryl/α,β-unsaturated/α-hetero) is 2. The summed E-state index contributed by atoms with van der Waals surface area (Å²) >= 11 is 0. The van der Waals surface area contributed by atoms with E-state index in [1.165, 1.54) is 25.9 Å². The lowest BCUT2D eigenvalue weighted by atomic mass is 9.70. The van der Waals surface area contributed by atoms with Crippen LogP contribution in [-0.2, 0) is 19.9 Å². The monoisotopic (exact) mass is 409 g/mol. The van der Waals surface area contributed by atoms with Crippen LogP contribution in [0.1, 0.15) is 29.8 Å². The molecule has 2 aliphatic rings. The van der Waals surface area contributed by atoms with Crippen LogP contribution in [0.4, 0.5) is 5.69 Å². The third kappa shape index (κ3) is 2.62. The van der Waals surface area contributed by atoms with Crippen molar-refractivity contribution in [3.63, 3.8) is 0 Å². The number of fused-ring (bicyclic) bond motifs is 2. The lowest BCUT2D eigenvalue weighted by molar-refractivity contribution is -0.224. The average molecular weight is 409 g/mol. The second-order valence-electron chi connectivity index (χ2n) is 7.94. The second kappa shape index (κ2) is 6.75. The van der Waals surface area contributed by atoms with Crippen molar-refractivity contribution in [3.05, 3.63) is 59.7 Å². The number of likely N-dealkylation sites (N-methyl/N-ethyl adjacent to an activating group) is 1. The zero-order valence-electron chi connectivity index (χ0n) is 17.2. The number of rotatable bonds is 4. The third-order valence-corrected chi connectivity index (χ3v) is 6.08. The SMILES string of the molecule is COc1cccc(C(=O)[C@H]2[C@H](C(C)=O)[C@@](C)(O)O[C@]23C(=O)N(C)c2ccccc23)c1. The van der Waals surface area contributed by atoms with Crippen LogP contribution in [0.25, 0.3) is 0 Å². The average Bonchev–Trinajstić information content (AvgIpc) is 3.11. The number of carbonyl (C=O) groups excluding carboxylic acids is 3. The van der Waals surface area contributed by atoms with Crippen LogP contribution >= 0.6 is 0 Å². The molecule has 2 heterocycles. The number of ketones is 2. The number of hydrogen-bond donors (Lipinski definition) is 1. The minimum absolute atomic E-state index is 0.270. The van der Waals surface area contributed by atoms with Gasteiger partial charge in [-0.1, -0.05) is 30.3 Å². The summed E-state index contributed by atoms with van der Waals surface area (Å²) in [6, 6.07) is 13.4. The Kier molecular flexibility index (Phi) is 4.56. The Morgan fingerprint density at radius 3 is 2.50 bits per heavy atom. The predicted octanol–water partition coefficient (Wildman–Crippen LogP) is 2.31. The van der Waals surface area contributed by atoms with E-state index >= 15 is 0 Å². The minimum atomic E-state index is -2.00. The first kappa shape index (κ1) is 20.3. The van der Waals surface area contributed by atoms with E-state index in [-0.39, 0.29) is 5.56 Å². The number of nitrogens with zero attached hydrogens (tertiary/aromatic N) is 1. The van der Waals surface area contributed by atoms with Crippen molar-refractivity contribution in [2.75, 3.05) is 19.1 Å². The maximum Gasteiger partial charge on any atom is 0.264 e. The lowest BCUT2D eigenvalue weighted by Crippen LogP contribution is -2.47. The smallest absolute Gasteiger partial charge is 0.264 e. The van der Waals surface area contributed by atoms with Crippen LogP contribution in [0.3, 0.4) is 0 Å². The Hall–Kier alpha value is -3.03. The molecule has 2 aromatic carbocycles. The Morgan fingerprint density at radius 1 is 1.13 bits per heavy atom. The van der Waals surface area contributed by atoms with Crippen LogP contribution in [0.15, 0.2) is 48.5 Å². The third-order valence-electron chi connectivity index (χ3n) is 6.08. The van der Waals surface area contributed by atoms with Gasteiger partial charge in [-0.05, 0) is 32.0 Å². The van der Waals surface area contributed by atoms with Gasteiger partial charge in [-0.2, -0.15) is 0 Å². The summed E-state index contributed by atoms with van der Waals surface area (Å²) < 4.78 is 11.2. The summed E-state index contributed by atoms with van der Waals surface area (Å²) in [5.74, 6) is -5.39. The van der Waals surface area contributed by atoms with Crippen molar-refractivity contribution in [1.29, 1.82) is 0 Å². The number of para-hydroxylation sites is 1. The minimum Gasteiger partial charge on any atom is -0.497 e. The van der Waals surface area contributed by atoms with Crippen LogP contribution in [0.5, 0.6) is 5.75 Å². The first-order valence-corrected chi connectivity index (χ1v) is 9.64. The van der Waals surface area contributed by atoms with Gasteiger partial charge in [-0.3, -0.25) is 14.4 Å². The molecular formula is C23H23NO6. The summed E-state index contributed by atoms with van der Waals surface area (Å²) in [5.41, 5.74) is -0.495. The molecule has 4 atom stereocenters. The molecule has 1 N–H and O–H groups in total. The Balaban J connectivity index is 1.97. The Labute approximate surface area is 174 Å². The van der Waals surface area contributed by atoms with Crippen LogP contribution in [0.2, 0.25) is 0 Å². The molecule has 0 aliphatic carbocycles. The van der Waals surface area contributed by atoms with E-state index in [2.05, 4.69) is 0 Å². The number of benzene rings is 2. The quantitative estimate of drug-likeness (QED) is 0.779. The van der Waals surface area contributed by atoms with Crippen LogP contribution < -0.4 is 9.64 Å². The van der Waals surface area contributed by atoms with Gasteiger partial charge in [0.1, 0.15) is 11.5 Å². The van der Waals surface area contributed by atoms with Gasteiger partial charge in [0.05, 0.1) is 24.6 Å². The fourth-order valence-corrected chi connectivity index (χ4v) is 4.85. The van der Waals surface area contributed by atoms with E-state index in [9.17, 15) is 19.5 Å². The van der Waals surface area contributed by atoms with E-state index in [1.807, 2.05) is 0 Å². The van der Waals surface area contributed by atoms with Crippen molar-refractivity contribution >= 4 is 23.2 Å². The number of anilines is 1. The van der Waals surface area contributed by atoms with Gasteiger partial charge in [0.15, 0.2) is 17.2 Å². The summed E-state index contributed by atoms with van der Waals surface area (Å²) in [6.07, 6.45) is 0. The molecule has 1 amide bonds. The lowest BCUT2D eigenvalue weighted by Gasteiger charge is -2.29. The van der Waals surface area contributed by atoms with Crippen molar-refractivity contribution < 1.29 is 29.0 Å². The van der Waals surface area contributed by atoms with E-state index in [0.717, 1.165) is 0 Å². The molecule has 7 nitrogen and oxygen atoms in total. The van der Waals surface area contributed by atoms with Gasteiger partial charge >= 0.3 is 0 Å². The van der Waals surface area contributed by atoms with E-state index < -0.39 is 40.7 Å². The molecule has 0 radical (unpaired) electrons. The summed E-state index contributed by atoms with van der Waals surface area (Å²) in [6.45, 7) is 2.62. The maximum absolute atomic E-state index is 13.8. The summed E-state index contributed by atoms with van der Waals surface area (Å²) in [4.78, 5) is 41.3. The van der Waals surface area contributed by atoms with Crippen LogP contribution in [-0.4, -0.2) is 42.5 Å².